The van der Waals surface area contributed by atoms with E-state index in [4.69, 9.17) is 4.74 Å². The largest absolute Gasteiger partial charge is 0.377 e. The fourth-order valence-corrected chi connectivity index (χ4v) is 2.02. The van der Waals surface area contributed by atoms with E-state index in [9.17, 15) is 4.79 Å². The molecule has 1 heterocycles. The maximum atomic E-state index is 11.8. The van der Waals surface area contributed by atoms with Gasteiger partial charge in [-0.1, -0.05) is 13.3 Å². The van der Waals surface area contributed by atoms with Crippen molar-refractivity contribution in [3.05, 3.63) is 0 Å². The molecule has 88 valence electrons. The van der Waals surface area contributed by atoms with E-state index in [1.165, 1.54) is 0 Å². The Kier molecular flexibility index (Phi) is 5.69. The highest BCUT2D eigenvalue weighted by Gasteiger charge is 2.22. The number of unbranched alkanes of at least 4 members (excludes halogenated alkanes) is 1. The Hall–Kier alpha value is -0.570. The first-order chi connectivity index (χ1) is 7.27. The number of amides is 1. The number of piperidine rings is 1. The molecule has 1 fully saturated rings. The molecule has 1 rings (SSSR count). The minimum absolute atomic E-state index is 0.273. The smallest absolute Gasteiger partial charge is 0.222 e. The van der Waals surface area contributed by atoms with Gasteiger partial charge in [-0.2, -0.15) is 0 Å². The average molecular weight is 213 g/mol. The maximum Gasteiger partial charge on any atom is 0.222 e. The summed E-state index contributed by atoms with van der Waals surface area (Å²) in [5.74, 6) is 0.307. The van der Waals surface area contributed by atoms with Crippen molar-refractivity contribution in [1.82, 2.24) is 4.90 Å². The van der Waals surface area contributed by atoms with Crippen molar-refractivity contribution in [2.75, 3.05) is 19.7 Å². The summed E-state index contributed by atoms with van der Waals surface area (Å²) in [5.41, 5.74) is 0. The topological polar surface area (TPSA) is 29.5 Å². The van der Waals surface area contributed by atoms with Gasteiger partial charge in [0.15, 0.2) is 0 Å². The maximum absolute atomic E-state index is 11.8. The Morgan fingerprint density at radius 2 is 2.27 bits per heavy atom. The predicted octanol–water partition coefficient (Wildman–Crippen LogP) is 2.20. The minimum atomic E-state index is 0.273. The van der Waals surface area contributed by atoms with Crippen LogP contribution in [-0.2, 0) is 9.53 Å². The summed E-state index contributed by atoms with van der Waals surface area (Å²) < 4.78 is 5.57. The number of rotatable bonds is 5. The summed E-state index contributed by atoms with van der Waals surface area (Å²) in [4.78, 5) is 13.7. The predicted molar refractivity (Wildman–Crippen MR) is 60.8 cm³/mol. The van der Waals surface area contributed by atoms with E-state index in [2.05, 4.69) is 6.92 Å². The number of carbonyl (C=O) groups is 1. The highest BCUT2D eigenvalue weighted by molar-refractivity contribution is 5.76. The van der Waals surface area contributed by atoms with Gasteiger partial charge in [0.25, 0.3) is 0 Å². The van der Waals surface area contributed by atoms with E-state index < -0.39 is 0 Å². The Morgan fingerprint density at radius 1 is 1.47 bits per heavy atom. The number of carbonyl (C=O) groups excluding carboxylic acids is 1. The number of likely N-dealkylation sites (tertiary alicyclic amines) is 1. The summed E-state index contributed by atoms with van der Waals surface area (Å²) >= 11 is 0. The van der Waals surface area contributed by atoms with Crippen LogP contribution < -0.4 is 0 Å². The monoisotopic (exact) mass is 213 g/mol. The molecule has 1 amide bonds. The van der Waals surface area contributed by atoms with Gasteiger partial charge in [0.2, 0.25) is 5.91 Å². The Morgan fingerprint density at radius 3 is 2.93 bits per heavy atom. The Labute approximate surface area is 92.8 Å². The Bertz CT molecular complexity index is 192. The van der Waals surface area contributed by atoms with Crippen LogP contribution in [0.25, 0.3) is 0 Å². The molecule has 3 heteroatoms. The number of nitrogens with zero attached hydrogens (tertiary/aromatic N) is 1. The standard InChI is InChI=1S/C12H23NO2/c1-3-5-8-12(14)13-9-6-7-11(10-13)15-4-2/h11H,3-10H2,1-2H3. The zero-order valence-electron chi connectivity index (χ0n) is 10.00. The van der Waals surface area contributed by atoms with Crippen LogP contribution in [0, 0.1) is 0 Å². The number of hydrogen-bond donors (Lipinski definition) is 0. The van der Waals surface area contributed by atoms with Gasteiger partial charge in [-0.15, -0.1) is 0 Å². The molecule has 1 aliphatic heterocycles. The van der Waals surface area contributed by atoms with Gasteiger partial charge < -0.3 is 9.64 Å². The van der Waals surface area contributed by atoms with Crippen molar-refractivity contribution >= 4 is 5.91 Å². The van der Waals surface area contributed by atoms with Crippen LogP contribution in [0.3, 0.4) is 0 Å². The Balaban J connectivity index is 2.31. The molecule has 0 aromatic carbocycles. The molecule has 0 aromatic heterocycles. The fourth-order valence-electron chi connectivity index (χ4n) is 2.02. The summed E-state index contributed by atoms with van der Waals surface area (Å²) in [7, 11) is 0. The van der Waals surface area contributed by atoms with Gasteiger partial charge in [-0.05, 0) is 26.2 Å². The van der Waals surface area contributed by atoms with Crippen molar-refractivity contribution < 1.29 is 9.53 Å². The van der Waals surface area contributed by atoms with Crippen LogP contribution in [0.4, 0.5) is 0 Å². The zero-order valence-corrected chi connectivity index (χ0v) is 10.00. The normalized spacial score (nSPS) is 21.7. The lowest BCUT2D eigenvalue weighted by atomic mass is 10.1. The molecule has 0 radical (unpaired) electrons. The molecule has 0 saturated carbocycles. The lowest BCUT2D eigenvalue weighted by Gasteiger charge is -2.32. The van der Waals surface area contributed by atoms with E-state index in [1.807, 2.05) is 11.8 Å². The summed E-state index contributed by atoms with van der Waals surface area (Å²) in [6.45, 7) is 6.61. The first-order valence-electron chi connectivity index (χ1n) is 6.17. The van der Waals surface area contributed by atoms with Gasteiger partial charge in [-0.3, -0.25) is 4.79 Å². The van der Waals surface area contributed by atoms with Gasteiger partial charge in [0, 0.05) is 26.1 Å². The third-order valence-corrected chi connectivity index (χ3v) is 2.88. The molecule has 1 aliphatic rings. The van der Waals surface area contributed by atoms with Gasteiger partial charge >= 0.3 is 0 Å². The molecular formula is C12H23NO2. The molecule has 3 nitrogen and oxygen atoms in total. The number of ether oxygens (including phenoxy) is 1. The molecular weight excluding hydrogens is 190 g/mol. The lowest BCUT2D eigenvalue weighted by molar-refractivity contribution is -0.135. The lowest BCUT2D eigenvalue weighted by Crippen LogP contribution is -2.43. The molecule has 1 saturated heterocycles. The molecule has 0 N–H and O–H groups in total. The van der Waals surface area contributed by atoms with E-state index in [-0.39, 0.29) is 6.10 Å². The molecule has 0 aromatic rings. The van der Waals surface area contributed by atoms with Crippen molar-refractivity contribution in [3.63, 3.8) is 0 Å². The summed E-state index contributed by atoms with van der Waals surface area (Å²) in [6.07, 6.45) is 5.26. The molecule has 1 unspecified atom stereocenters. The summed E-state index contributed by atoms with van der Waals surface area (Å²) in [6, 6.07) is 0. The third-order valence-electron chi connectivity index (χ3n) is 2.88. The van der Waals surface area contributed by atoms with Gasteiger partial charge in [-0.25, -0.2) is 0 Å². The van der Waals surface area contributed by atoms with Crippen LogP contribution in [0.2, 0.25) is 0 Å². The molecule has 15 heavy (non-hydrogen) atoms. The van der Waals surface area contributed by atoms with Crippen molar-refractivity contribution in [2.24, 2.45) is 0 Å². The second-order valence-electron chi connectivity index (χ2n) is 4.16. The highest BCUT2D eigenvalue weighted by atomic mass is 16.5. The molecule has 0 bridgehead atoms. The quantitative estimate of drug-likeness (QED) is 0.700. The van der Waals surface area contributed by atoms with Crippen LogP contribution in [0.1, 0.15) is 46.0 Å². The van der Waals surface area contributed by atoms with Crippen LogP contribution >= 0.6 is 0 Å². The molecule has 1 atom stereocenters. The number of hydrogen-bond acceptors (Lipinski definition) is 2. The van der Waals surface area contributed by atoms with Gasteiger partial charge in [0.1, 0.15) is 0 Å². The minimum Gasteiger partial charge on any atom is -0.377 e. The van der Waals surface area contributed by atoms with Crippen LogP contribution in [-0.4, -0.2) is 36.6 Å². The zero-order chi connectivity index (χ0) is 11.1. The molecule has 0 aliphatic carbocycles. The fraction of sp³-hybridized carbons (Fsp3) is 0.917. The van der Waals surface area contributed by atoms with Crippen molar-refractivity contribution in [2.45, 2.75) is 52.1 Å². The second-order valence-corrected chi connectivity index (χ2v) is 4.16. The second kappa shape index (κ2) is 6.83. The van der Waals surface area contributed by atoms with Crippen molar-refractivity contribution in [1.29, 1.82) is 0 Å². The average Bonchev–Trinajstić information content (AvgIpc) is 2.27. The highest BCUT2D eigenvalue weighted by Crippen LogP contribution is 2.14. The SMILES string of the molecule is CCCCC(=O)N1CCCC(OCC)C1. The van der Waals surface area contributed by atoms with Crippen LogP contribution in [0.15, 0.2) is 0 Å². The third kappa shape index (κ3) is 4.20. The van der Waals surface area contributed by atoms with Crippen LogP contribution in [0.5, 0.6) is 0 Å². The van der Waals surface area contributed by atoms with E-state index >= 15 is 0 Å². The van der Waals surface area contributed by atoms with E-state index in [0.717, 1.165) is 45.4 Å². The molecule has 0 spiro atoms. The first kappa shape index (κ1) is 12.5. The summed E-state index contributed by atoms with van der Waals surface area (Å²) in [5, 5.41) is 0. The first-order valence-corrected chi connectivity index (χ1v) is 6.17. The van der Waals surface area contributed by atoms with E-state index in [0.29, 0.717) is 12.3 Å². The van der Waals surface area contributed by atoms with Crippen molar-refractivity contribution in [3.8, 4) is 0 Å². The van der Waals surface area contributed by atoms with E-state index in [1.54, 1.807) is 0 Å². The van der Waals surface area contributed by atoms with Gasteiger partial charge in [0.05, 0.1) is 6.10 Å².